The van der Waals surface area contributed by atoms with Gasteiger partial charge in [0.15, 0.2) is 11.4 Å². The molecule has 2 aromatic carbocycles. The molecule has 44 heavy (non-hydrogen) atoms. The van der Waals surface area contributed by atoms with Crippen LogP contribution in [-0.2, 0) is 20.7 Å². The second kappa shape index (κ2) is 14.1. The van der Waals surface area contributed by atoms with E-state index in [4.69, 9.17) is 20.8 Å². The number of aromatic nitrogens is 1. The molecule has 2 atom stereocenters. The smallest absolute Gasteiger partial charge is 0.306 e. The molecule has 2 N–H and O–H groups in total. The minimum absolute atomic E-state index is 0.00250. The molecule has 3 heterocycles. The number of fused-ring (bicyclic) bond motifs is 1. The number of carbonyl (C=O) groups excluding carboxylic acids is 1. The summed E-state index contributed by atoms with van der Waals surface area (Å²) in [6.45, 7) is 3.21. The zero-order chi connectivity index (χ0) is 30.6. The van der Waals surface area contributed by atoms with Gasteiger partial charge in [-0.25, -0.2) is 4.39 Å². The molecule has 0 bridgehead atoms. The Morgan fingerprint density at radius 1 is 1.05 bits per heavy atom. The van der Waals surface area contributed by atoms with Crippen LogP contribution < -0.4 is 5.32 Å². The highest BCUT2D eigenvalue weighted by molar-refractivity contribution is 7.99. The van der Waals surface area contributed by atoms with Crippen molar-refractivity contribution < 1.29 is 28.2 Å². The fourth-order valence-corrected chi connectivity index (χ4v) is 7.72. The summed E-state index contributed by atoms with van der Waals surface area (Å²) in [7, 11) is 0. The lowest BCUT2D eigenvalue weighted by atomic mass is 9.87. The number of rotatable bonds is 10. The van der Waals surface area contributed by atoms with Gasteiger partial charge >= 0.3 is 5.97 Å². The molecule has 1 amide bonds. The molecule has 3 aromatic rings. The Bertz CT molecular complexity index is 1460. The van der Waals surface area contributed by atoms with E-state index in [9.17, 15) is 14.7 Å². The number of amides is 1. The van der Waals surface area contributed by atoms with Gasteiger partial charge in [-0.3, -0.25) is 14.5 Å². The van der Waals surface area contributed by atoms with Crippen LogP contribution in [0.15, 0.2) is 40.8 Å². The lowest BCUT2D eigenvalue weighted by Crippen LogP contribution is -2.50. The number of nitrogens with one attached hydrogen (secondary N) is 1. The topological polar surface area (TPSA) is 108 Å². The first-order valence-electron chi connectivity index (χ1n) is 15.4. The zero-order valence-electron chi connectivity index (χ0n) is 24.6. The lowest BCUT2D eigenvalue weighted by Gasteiger charge is -2.36. The van der Waals surface area contributed by atoms with Gasteiger partial charge < -0.3 is 24.5 Å². The molecule has 0 unspecified atom stereocenters. The van der Waals surface area contributed by atoms with E-state index < -0.39 is 11.8 Å². The first kappa shape index (κ1) is 31.1. The second-order valence-corrected chi connectivity index (χ2v) is 13.6. The van der Waals surface area contributed by atoms with Crippen LogP contribution in [-0.4, -0.2) is 87.7 Å². The third-order valence-corrected chi connectivity index (χ3v) is 10.2. The molecular formula is C32H38ClFN4O5S. The fourth-order valence-electron chi connectivity index (χ4n) is 6.62. The van der Waals surface area contributed by atoms with Crippen LogP contribution in [0.2, 0.25) is 5.02 Å². The minimum Gasteiger partial charge on any atom is -0.481 e. The number of aliphatic carboxylic acids is 1. The number of carbonyl (C=O) groups is 2. The Morgan fingerprint density at radius 3 is 2.50 bits per heavy atom. The molecule has 6 rings (SSSR count). The van der Waals surface area contributed by atoms with E-state index in [1.165, 1.54) is 0 Å². The van der Waals surface area contributed by atoms with Crippen LogP contribution in [0.3, 0.4) is 0 Å². The first-order chi connectivity index (χ1) is 21.3. The van der Waals surface area contributed by atoms with Gasteiger partial charge in [0, 0.05) is 53.5 Å². The van der Waals surface area contributed by atoms with Crippen LogP contribution in [0.25, 0.3) is 11.1 Å². The standard InChI is InChI=1S/C32H38ClFN4O5S/c33-22-4-6-23(7-5-22)35-32-36-27-12-3-21(29(34)30(27)43-32)17-28(39)38-24(18-37-13-15-44-16-14-37)8-9-25(38)19-42-26-10-1-20(2-11-26)31(40)41/h3-7,12,20,24-26H,1-2,8-11,13-19H2,(H,35,36)(H,40,41)/t20?,24-,25-,26?/m0/s1. The van der Waals surface area contributed by atoms with E-state index in [0.29, 0.717) is 48.5 Å². The molecule has 1 saturated carbocycles. The van der Waals surface area contributed by atoms with Crippen LogP contribution >= 0.6 is 23.4 Å². The largest absolute Gasteiger partial charge is 0.481 e. The van der Waals surface area contributed by atoms with Gasteiger partial charge in [0.05, 0.1) is 31.1 Å². The van der Waals surface area contributed by atoms with Gasteiger partial charge in [0.1, 0.15) is 5.52 Å². The van der Waals surface area contributed by atoms with Gasteiger partial charge in [-0.2, -0.15) is 16.7 Å². The van der Waals surface area contributed by atoms with E-state index in [1.54, 1.807) is 36.4 Å². The van der Waals surface area contributed by atoms with E-state index in [2.05, 4.69) is 15.2 Å². The quantitative estimate of drug-likeness (QED) is 0.276. The third-order valence-electron chi connectivity index (χ3n) is 9.04. The maximum atomic E-state index is 15.7. The van der Waals surface area contributed by atoms with Gasteiger partial charge in [0.2, 0.25) is 5.91 Å². The molecule has 3 fully saturated rings. The molecular weight excluding hydrogens is 607 g/mol. The van der Waals surface area contributed by atoms with Crippen LogP contribution in [0.5, 0.6) is 0 Å². The van der Waals surface area contributed by atoms with Gasteiger partial charge in [-0.15, -0.1) is 0 Å². The van der Waals surface area contributed by atoms with Crippen LogP contribution in [0, 0.1) is 11.7 Å². The zero-order valence-corrected chi connectivity index (χ0v) is 26.1. The highest BCUT2D eigenvalue weighted by Crippen LogP contribution is 2.32. The molecule has 0 radical (unpaired) electrons. The number of ether oxygens (including phenoxy) is 1. The Morgan fingerprint density at radius 2 is 1.77 bits per heavy atom. The molecule has 1 aromatic heterocycles. The number of thioether (sulfide) groups is 1. The van der Waals surface area contributed by atoms with Crippen molar-refractivity contribution in [2.24, 2.45) is 5.92 Å². The molecule has 2 saturated heterocycles. The summed E-state index contributed by atoms with van der Waals surface area (Å²) in [6, 6.07) is 10.4. The first-order valence-corrected chi connectivity index (χ1v) is 16.9. The summed E-state index contributed by atoms with van der Waals surface area (Å²) >= 11 is 7.92. The summed E-state index contributed by atoms with van der Waals surface area (Å²) in [5.74, 6) is 0.429. The average molecular weight is 645 g/mol. The van der Waals surface area contributed by atoms with Crippen LogP contribution in [0.4, 0.5) is 16.1 Å². The number of oxazole rings is 1. The van der Waals surface area contributed by atoms with E-state index in [-0.39, 0.29) is 53.6 Å². The number of hydrogen-bond acceptors (Lipinski definition) is 8. The van der Waals surface area contributed by atoms with Crippen molar-refractivity contribution in [3.05, 3.63) is 52.8 Å². The van der Waals surface area contributed by atoms with E-state index in [0.717, 1.165) is 44.0 Å². The van der Waals surface area contributed by atoms with Crippen molar-refractivity contribution in [3.8, 4) is 0 Å². The Hall–Kier alpha value is -2.86. The SMILES string of the molecule is O=C(O)C1CCC(OC[C@@H]2CC[C@@H](CN3CCSCC3)N2C(=O)Cc2ccc3nc(Nc4ccc(Cl)cc4)oc3c2F)CC1. The Kier molecular flexibility index (Phi) is 9.95. The number of carboxylic acid groups (broad SMARTS) is 1. The van der Waals surface area contributed by atoms with Crippen molar-refractivity contribution in [2.75, 3.05) is 43.1 Å². The average Bonchev–Trinajstić information content (AvgIpc) is 3.63. The van der Waals surface area contributed by atoms with Crippen LogP contribution in [0.1, 0.15) is 44.1 Å². The van der Waals surface area contributed by atoms with Gasteiger partial charge in [0.25, 0.3) is 6.01 Å². The lowest BCUT2D eigenvalue weighted by molar-refractivity contribution is -0.144. The number of nitrogens with zero attached hydrogens (tertiary/aromatic N) is 3. The van der Waals surface area contributed by atoms with Crippen molar-refractivity contribution in [1.82, 2.24) is 14.8 Å². The number of anilines is 2. The monoisotopic (exact) mass is 644 g/mol. The van der Waals surface area contributed by atoms with E-state index >= 15 is 4.39 Å². The Labute approximate surface area is 265 Å². The van der Waals surface area contributed by atoms with Crippen molar-refractivity contribution in [3.63, 3.8) is 0 Å². The normalized spacial score (nSPS) is 24.5. The number of benzene rings is 2. The number of hydrogen-bond donors (Lipinski definition) is 2. The number of halogens is 2. The van der Waals surface area contributed by atoms with Gasteiger partial charge in [-0.1, -0.05) is 17.7 Å². The van der Waals surface area contributed by atoms with E-state index in [1.807, 2.05) is 16.7 Å². The van der Waals surface area contributed by atoms with Crippen molar-refractivity contribution >= 4 is 58.0 Å². The second-order valence-electron chi connectivity index (χ2n) is 12.0. The summed E-state index contributed by atoms with van der Waals surface area (Å²) in [4.78, 5) is 34.0. The van der Waals surface area contributed by atoms with Gasteiger partial charge in [-0.05, 0) is 68.9 Å². The maximum Gasteiger partial charge on any atom is 0.306 e. The molecule has 1 aliphatic carbocycles. The highest BCUT2D eigenvalue weighted by Gasteiger charge is 2.39. The fraction of sp³-hybridized carbons (Fsp3) is 0.531. The predicted octanol–water partition coefficient (Wildman–Crippen LogP) is 5.97. The summed E-state index contributed by atoms with van der Waals surface area (Å²) < 4.78 is 27.8. The number of carboxylic acids is 1. The molecule has 2 aliphatic heterocycles. The highest BCUT2D eigenvalue weighted by atomic mass is 35.5. The van der Waals surface area contributed by atoms with Crippen molar-refractivity contribution in [1.29, 1.82) is 0 Å². The maximum absolute atomic E-state index is 15.7. The summed E-state index contributed by atoms with van der Waals surface area (Å²) in [5, 5.41) is 12.9. The molecule has 236 valence electrons. The third kappa shape index (κ3) is 7.33. The molecule has 9 nitrogen and oxygen atoms in total. The Balaban J connectivity index is 1.15. The molecule has 3 aliphatic rings. The molecule has 0 spiro atoms. The number of likely N-dealkylation sites (tertiary alicyclic amines) is 1. The predicted molar refractivity (Wildman–Crippen MR) is 169 cm³/mol. The van der Waals surface area contributed by atoms with Crippen molar-refractivity contribution in [2.45, 2.75) is 63.1 Å². The molecule has 12 heteroatoms. The minimum atomic E-state index is -0.736. The summed E-state index contributed by atoms with van der Waals surface area (Å²) in [5.41, 5.74) is 1.34. The summed E-state index contributed by atoms with van der Waals surface area (Å²) in [6.07, 6.45) is 4.27.